The van der Waals surface area contributed by atoms with E-state index in [9.17, 15) is 4.79 Å². The van der Waals surface area contributed by atoms with E-state index in [0.29, 0.717) is 6.54 Å². The molecule has 0 saturated heterocycles. The lowest BCUT2D eigenvalue weighted by molar-refractivity contribution is -0.129. The summed E-state index contributed by atoms with van der Waals surface area (Å²) in [6.45, 7) is 0.352. The third-order valence-corrected chi connectivity index (χ3v) is 3.67. The van der Waals surface area contributed by atoms with E-state index in [-0.39, 0.29) is 5.91 Å². The molecule has 21 heavy (non-hydrogen) atoms. The van der Waals surface area contributed by atoms with Crippen LogP contribution in [0, 0.1) is 0 Å². The molecule has 0 saturated carbocycles. The van der Waals surface area contributed by atoms with Crippen LogP contribution in [-0.4, -0.2) is 29.5 Å². The molecule has 3 heteroatoms. The summed E-state index contributed by atoms with van der Waals surface area (Å²) in [6.07, 6.45) is 0. The predicted octanol–water partition coefficient (Wildman–Crippen LogP) is 3.40. The molecule has 0 spiro atoms. The van der Waals surface area contributed by atoms with Crippen LogP contribution < -0.4 is 0 Å². The highest BCUT2D eigenvalue weighted by Gasteiger charge is 2.14. The monoisotopic (exact) mass is 278 g/mol. The summed E-state index contributed by atoms with van der Waals surface area (Å²) in [4.78, 5) is 13.8. The normalized spacial score (nSPS) is 10.8. The molecule has 106 valence electrons. The summed E-state index contributed by atoms with van der Waals surface area (Å²) < 4.78 is 2.09. The maximum Gasteiger partial charge on any atom is 0.242 e. The van der Waals surface area contributed by atoms with E-state index in [1.54, 1.807) is 19.0 Å². The van der Waals surface area contributed by atoms with Crippen molar-refractivity contribution in [3.05, 3.63) is 60.7 Å². The number of para-hydroxylation sites is 1. The van der Waals surface area contributed by atoms with Crippen LogP contribution in [0.2, 0.25) is 0 Å². The molecule has 0 aliphatic carbocycles. The zero-order valence-corrected chi connectivity index (χ0v) is 12.3. The minimum Gasteiger partial charge on any atom is -0.347 e. The van der Waals surface area contributed by atoms with Crippen LogP contribution in [0.15, 0.2) is 60.7 Å². The third kappa shape index (κ3) is 2.55. The van der Waals surface area contributed by atoms with Gasteiger partial charge in [-0.25, -0.2) is 0 Å². The molecule has 0 aliphatic rings. The van der Waals surface area contributed by atoms with Crippen LogP contribution in [0.5, 0.6) is 0 Å². The maximum atomic E-state index is 12.1. The summed E-state index contributed by atoms with van der Waals surface area (Å²) in [5.74, 6) is 0.0912. The van der Waals surface area contributed by atoms with Gasteiger partial charge in [0.1, 0.15) is 6.54 Å². The van der Waals surface area contributed by atoms with E-state index in [1.165, 1.54) is 0 Å². The SMILES string of the molecule is CN(C)C(=O)Cn1c(-c2ccccc2)cc2ccccc21. The van der Waals surface area contributed by atoms with Crippen LogP contribution in [-0.2, 0) is 11.3 Å². The van der Waals surface area contributed by atoms with Crippen LogP contribution in [0.3, 0.4) is 0 Å². The number of likely N-dealkylation sites (N-methyl/N-ethyl adjacent to an activating group) is 1. The molecule has 0 atom stereocenters. The molecule has 1 amide bonds. The first-order valence-corrected chi connectivity index (χ1v) is 7.00. The molecular weight excluding hydrogens is 260 g/mol. The van der Waals surface area contributed by atoms with Crippen molar-refractivity contribution >= 4 is 16.8 Å². The van der Waals surface area contributed by atoms with Gasteiger partial charge >= 0.3 is 0 Å². The predicted molar refractivity (Wildman–Crippen MR) is 86.1 cm³/mol. The number of rotatable bonds is 3. The summed E-state index contributed by atoms with van der Waals surface area (Å²) in [6, 6.07) is 20.5. The Labute approximate surface area is 124 Å². The fourth-order valence-corrected chi connectivity index (χ4v) is 2.51. The Morgan fingerprint density at radius 2 is 1.67 bits per heavy atom. The van der Waals surface area contributed by atoms with Gasteiger partial charge in [0.2, 0.25) is 5.91 Å². The fourth-order valence-electron chi connectivity index (χ4n) is 2.51. The average Bonchev–Trinajstić information content (AvgIpc) is 2.87. The molecule has 3 nitrogen and oxygen atoms in total. The Balaban J connectivity index is 2.17. The van der Waals surface area contributed by atoms with Crippen molar-refractivity contribution in [2.45, 2.75) is 6.54 Å². The van der Waals surface area contributed by atoms with E-state index in [1.807, 2.05) is 30.3 Å². The first-order valence-electron chi connectivity index (χ1n) is 7.00. The van der Waals surface area contributed by atoms with Crippen LogP contribution in [0.1, 0.15) is 0 Å². The minimum atomic E-state index is 0.0912. The van der Waals surface area contributed by atoms with Crippen molar-refractivity contribution < 1.29 is 4.79 Å². The van der Waals surface area contributed by atoms with Gasteiger partial charge in [-0.15, -0.1) is 0 Å². The second kappa shape index (κ2) is 5.44. The molecule has 0 unspecified atom stereocenters. The second-order valence-electron chi connectivity index (χ2n) is 5.33. The van der Waals surface area contributed by atoms with Gasteiger partial charge in [0.05, 0.1) is 0 Å². The number of carbonyl (C=O) groups is 1. The van der Waals surface area contributed by atoms with E-state index >= 15 is 0 Å². The lowest BCUT2D eigenvalue weighted by Crippen LogP contribution is -2.26. The van der Waals surface area contributed by atoms with E-state index in [2.05, 4.69) is 34.9 Å². The lowest BCUT2D eigenvalue weighted by atomic mass is 10.1. The third-order valence-electron chi connectivity index (χ3n) is 3.67. The van der Waals surface area contributed by atoms with Crippen molar-refractivity contribution in [2.75, 3.05) is 14.1 Å². The van der Waals surface area contributed by atoms with Crippen LogP contribution in [0.25, 0.3) is 22.2 Å². The van der Waals surface area contributed by atoms with Crippen molar-refractivity contribution in [1.82, 2.24) is 9.47 Å². The van der Waals surface area contributed by atoms with E-state index in [4.69, 9.17) is 0 Å². The van der Waals surface area contributed by atoms with Gasteiger partial charge in [-0.1, -0.05) is 48.5 Å². The Morgan fingerprint density at radius 3 is 2.38 bits per heavy atom. The fraction of sp³-hybridized carbons (Fsp3) is 0.167. The highest BCUT2D eigenvalue weighted by Crippen LogP contribution is 2.28. The summed E-state index contributed by atoms with van der Waals surface area (Å²) in [5.41, 5.74) is 3.29. The molecular formula is C18H18N2O. The average molecular weight is 278 g/mol. The Bertz CT molecular complexity index is 772. The highest BCUT2D eigenvalue weighted by molar-refractivity contribution is 5.89. The van der Waals surface area contributed by atoms with Gasteiger partial charge in [-0.2, -0.15) is 0 Å². The van der Waals surface area contributed by atoms with Gasteiger partial charge in [-0.05, 0) is 17.7 Å². The molecule has 0 radical (unpaired) electrons. The van der Waals surface area contributed by atoms with Crippen molar-refractivity contribution in [3.8, 4) is 11.3 Å². The van der Waals surface area contributed by atoms with Crippen molar-refractivity contribution in [1.29, 1.82) is 0 Å². The van der Waals surface area contributed by atoms with Crippen molar-refractivity contribution in [3.63, 3.8) is 0 Å². The van der Waals surface area contributed by atoms with Gasteiger partial charge in [0.25, 0.3) is 0 Å². The molecule has 0 N–H and O–H groups in total. The van der Waals surface area contributed by atoms with Gasteiger partial charge in [0, 0.05) is 30.7 Å². The quantitative estimate of drug-likeness (QED) is 0.721. The number of aromatic nitrogens is 1. The highest BCUT2D eigenvalue weighted by atomic mass is 16.2. The molecule has 0 aliphatic heterocycles. The first kappa shape index (κ1) is 13.4. The van der Waals surface area contributed by atoms with Crippen molar-refractivity contribution in [2.24, 2.45) is 0 Å². The van der Waals surface area contributed by atoms with Gasteiger partial charge in [0.15, 0.2) is 0 Å². The number of amides is 1. The molecule has 3 aromatic rings. The smallest absolute Gasteiger partial charge is 0.242 e. The largest absolute Gasteiger partial charge is 0.347 e. The molecule has 0 bridgehead atoms. The minimum absolute atomic E-state index is 0.0912. The molecule has 3 rings (SSSR count). The number of benzene rings is 2. The topological polar surface area (TPSA) is 25.2 Å². The molecule has 1 aromatic heterocycles. The Kier molecular flexibility index (Phi) is 3.48. The Hall–Kier alpha value is -2.55. The molecule has 0 fully saturated rings. The maximum absolute atomic E-state index is 12.1. The van der Waals surface area contributed by atoms with Crippen LogP contribution in [0.4, 0.5) is 0 Å². The Morgan fingerprint density at radius 1 is 1.00 bits per heavy atom. The summed E-state index contributed by atoms with van der Waals surface area (Å²) in [5, 5.41) is 1.16. The summed E-state index contributed by atoms with van der Waals surface area (Å²) in [7, 11) is 3.58. The number of nitrogens with zero attached hydrogens (tertiary/aromatic N) is 2. The number of fused-ring (bicyclic) bond motifs is 1. The zero-order chi connectivity index (χ0) is 14.8. The molecule has 2 aromatic carbocycles. The molecule has 1 heterocycles. The second-order valence-corrected chi connectivity index (χ2v) is 5.33. The first-order chi connectivity index (χ1) is 10.2. The number of carbonyl (C=O) groups excluding carboxylic acids is 1. The number of hydrogen-bond donors (Lipinski definition) is 0. The number of hydrogen-bond acceptors (Lipinski definition) is 1. The van der Waals surface area contributed by atoms with Gasteiger partial charge < -0.3 is 9.47 Å². The zero-order valence-electron chi connectivity index (χ0n) is 12.3. The van der Waals surface area contributed by atoms with E-state index < -0.39 is 0 Å². The lowest BCUT2D eigenvalue weighted by Gasteiger charge is -2.14. The van der Waals surface area contributed by atoms with E-state index in [0.717, 1.165) is 22.2 Å². The van der Waals surface area contributed by atoms with Gasteiger partial charge in [-0.3, -0.25) is 4.79 Å². The summed E-state index contributed by atoms with van der Waals surface area (Å²) >= 11 is 0. The van der Waals surface area contributed by atoms with Crippen LogP contribution >= 0.6 is 0 Å². The standard InChI is InChI=1S/C18H18N2O/c1-19(2)18(21)13-20-16-11-7-6-10-15(16)12-17(20)14-8-4-3-5-9-14/h3-12H,13H2,1-2H3.